The Hall–Kier alpha value is -2.54. The number of allylic oxidation sites excluding steroid dienone is 4. The largest absolute Gasteiger partial charge is 0.372 e. The first-order valence-electron chi connectivity index (χ1n) is 9.94. The van der Waals surface area contributed by atoms with Gasteiger partial charge in [-0.3, -0.25) is 4.79 Å². The molecule has 0 saturated carbocycles. The number of amides is 1. The third-order valence-electron chi connectivity index (χ3n) is 6.52. The van der Waals surface area contributed by atoms with E-state index >= 15 is 0 Å². The lowest BCUT2D eigenvalue weighted by atomic mass is 9.76. The van der Waals surface area contributed by atoms with Gasteiger partial charge in [-0.15, -0.1) is 0 Å². The molecule has 3 aliphatic rings. The first-order chi connectivity index (χ1) is 13.0. The number of hydrogen-bond acceptors (Lipinski definition) is 3. The number of carbonyl (C=O) groups excluding carboxylic acids is 1. The number of para-hydroxylation sites is 1. The minimum Gasteiger partial charge on any atom is -0.372 e. The van der Waals surface area contributed by atoms with Crippen molar-refractivity contribution in [2.24, 2.45) is 17.3 Å². The van der Waals surface area contributed by atoms with E-state index in [9.17, 15) is 10.1 Å². The van der Waals surface area contributed by atoms with Crippen molar-refractivity contribution in [2.45, 2.75) is 33.1 Å². The summed E-state index contributed by atoms with van der Waals surface area (Å²) >= 11 is 0. The summed E-state index contributed by atoms with van der Waals surface area (Å²) in [6.45, 7) is 6.96. The zero-order valence-electron chi connectivity index (χ0n) is 16.2. The van der Waals surface area contributed by atoms with Crippen LogP contribution < -0.4 is 4.90 Å². The minimum atomic E-state index is -0.381. The molecule has 1 aromatic rings. The molecule has 1 aromatic carbocycles. The molecule has 1 unspecified atom stereocenters. The fourth-order valence-electron chi connectivity index (χ4n) is 4.77. The molecule has 2 heterocycles. The zero-order valence-corrected chi connectivity index (χ0v) is 16.2. The number of rotatable bonds is 3. The number of nitrogens with zero attached hydrogens (tertiary/aromatic N) is 3. The molecule has 2 aliphatic heterocycles. The van der Waals surface area contributed by atoms with Gasteiger partial charge < -0.3 is 9.80 Å². The van der Waals surface area contributed by atoms with Crippen molar-refractivity contribution < 1.29 is 4.79 Å². The summed E-state index contributed by atoms with van der Waals surface area (Å²) < 4.78 is 0. The molecule has 0 spiro atoms. The van der Waals surface area contributed by atoms with Crippen LogP contribution in [-0.2, 0) is 4.79 Å². The van der Waals surface area contributed by atoms with Gasteiger partial charge in [-0.1, -0.05) is 38.1 Å². The lowest BCUT2D eigenvalue weighted by molar-refractivity contribution is -0.135. The number of likely N-dealkylation sites (tertiary alicyclic amines) is 1. The molecule has 4 nitrogen and oxygen atoms in total. The van der Waals surface area contributed by atoms with Crippen LogP contribution in [0.15, 0.2) is 53.8 Å². The summed E-state index contributed by atoms with van der Waals surface area (Å²) in [6, 6.07) is 12.8. The Labute approximate surface area is 161 Å². The lowest BCUT2D eigenvalue weighted by Crippen LogP contribution is -2.40. The highest BCUT2D eigenvalue weighted by atomic mass is 16.2. The molecule has 4 heteroatoms. The topological polar surface area (TPSA) is 47.3 Å². The molecule has 2 saturated heterocycles. The standard InChI is InChI=1S/C23H27N3O/c1-23(2)20-9-8-18(15-24)14-21(20)26(22(23)27)16-17-10-12-25(13-11-17)19-6-4-3-5-7-19/h3-8,14,17,20H,9-13,16H2,1-2H3. The molecule has 4 rings (SSSR count). The summed E-state index contributed by atoms with van der Waals surface area (Å²) in [5.74, 6) is 0.934. The van der Waals surface area contributed by atoms with Crippen LogP contribution in [0.25, 0.3) is 0 Å². The highest BCUT2D eigenvalue weighted by Crippen LogP contribution is 2.48. The molecule has 0 aromatic heterocycles. The Morgan fingerprint density at radius 2 is 1.89 bits per heavy atom. The van der Waals surface area contributed by atoms with Gasteiger partial charge in [0, 0.05) is 42.5 Å². The number of carbonyl (C=O) groups is 1. The Kier molecular flexibility index (Phi) is 4.55. The van der Waals surface area contributed by atoms with Crippen LogP contribution in [-0.4, -0.2) is 30.4 Å². The number of benzene rings is 1. The monoisotopic (exact) mass is 361 g/mol. The molecule has 0 radical (unpaired) electrons. The van der Waals surface area contributed by atoms with Gasteiger partial charge in [0.2, 0.25) is 5.91 Å². The normalized spacial score (nSPS) is 24.9. The molecular formula is C23H27N3O. The Bertz CT molecular complexity index is 823. The van der Waals surface area contributed by atoms with Crippen molar-refractivity contribution in [2.75, 3.05) is 24.5 Å². The van der Waals surface area contributed by atoms with Crippen LogP contribution in [0.2, 0.25) is 0 Å². The van der Waals surface area contributed by atoms with Crippen LogP contribution in [0.3, 0.4) is 0 Å². The second kappa shape index (κ2) is 6.88. The highest BCUT2D eigenvalue weighted by molar-refractivity contribution is 5.88. The number of hydrogen-bond donors (Lipinski definition) is 0. The van der Waals surface area contributed by atoms with E-state index in [1.165, 1.54) is 5.69 Å². The van der Waals surface area contributed by atoms with Crippen LogP contribution in [0, 0.1) is 28.6 Å². The van der Waals surface area contributed by atoms with E-state index in [0.29, 0.717) is 11.5 Å². The van der Waals surface area contributed by atoms with E-state index in [1.54, 1.807) is 0 Å². The molecule has 1 aliphatic carbocycles. The van der Waals surface area contributed by atoms with Crippen LogP contribution in [0.1, 0.15) is 33.1 Å². The SMILES string of the molecule is CC1(C)C(=O)N(CC2CCN(c3ccccc3)CC2)C2=CC(C#N)=CCC21. The third kappa shape index (κ3) is 3.16. The maximum absolute atomic E-state index is 13.1. The average Bonchev–Trinajstić information content (AvgIpc) is 2.89. The van der Waals surface area contributed by atoms with Crippen LogP contribution >= 0.6 is 0 Å². The maximum atomic E-state index is 13.1. The van der Waals surface area contributed by atoms with Crippen molar-refractivity contribution in [3.63, 3.8) is 0 Å². The molecular weight excluding hydrogens is 334 g/mol. The lowest BCUT2D eigenvalue weighted by Gasteiger charge is -2.35. The number of piperidine rings is 1. The maximum Gasteiger partial charge on any atom is 0.233 e. The van der Waals surface area contributed by atoms with Crippen molar-refractivity contribution >= 4 is 11.6 Å². The first kappa shape index (κ1) is 17.9. The quantitative estimate of drug-likeness (QED) is 0.813. The fraction of sp³-hybridized carbons (Fsp3) is 0.478. The third-order valence-corrected chi connectivity index (χ3v) is 6.52. The smallest absolute Gasteiger partial charge is 0.233 e. The van der Waals surface area contributed by atoms with Crippen molar-refractivity contribution in [3.05, 3.63) is 53.8 Å². The molecule has 27 heavy (non-hydrogen) atoms. The van der Waals surface area contributed by atoms with E-state index in [-0.39, 0.29) is 17.2 Å². The fourth-order valence-corrected chi connectivity index (χ4v) is 4.77. The van der Waals surface area contributed by atoms with E-state index in [4.69, 9.17) is 0 Å². The molecule has 0 bridgehead atoms. The number of fused-ring (bicyclic) bond motifs is 1. The first-order valence-corrected chi connectivity index (χ1v) is 9.94. The molecule has 1 amide bonds. The second-order valence-electron chi connectivity index (χ2n) is 8.53. The number of nitriles is 1. The summed E-state index contributed by atoms with van der Waals surface area (Å²) in [7, 11) is 0. The predicted octanol–water partition coefficient (Wildman–Crippen LogP) is 4.13. The Morgan fingerprint density at radius 3 is 2.56 bits per heavy atom. The van der Waals surface area contributed by atoms with Gasteiger partial charge >= 0.3 is 0 Å². The summed E-state index contributed by atoms with van der Waals surface area (Å²) in [4.78, 5) is 17.6. The second-order valence-corrected chi connectivity index (χ2v) is 8.53. The van der Waals surface area contributed by atoms with E-state index in [2.05, 4.69) is 55.1 Å². The minimum absolute atomic E-state index is 0.200. The van der Waals surface area contributed by atoms with Crippen molar-refractivity contribution in [1.82, 2.24) is 4.90 Å². The zero-order chi connectivity index (χ0) is 19.0. The number of anilines is 1. The van der Waals surface area contributed by atoms with Crippen molar-refractivity contribution in [3.8, 4) is 6.07 Å². The van der Waals surface area contributed by atoms with Gasteiger partial charge in [0.1, 0.15) is 0 Å². The van der Waals surface area contributed by atoms with E-state index in [1.807, 2.05) is 17.1 Å². The van der Waals surface area contributed by atoms with Crippen molar-refractivity contribution in [1.29, 1.82) is 5.26 Å². The van der Waals surface area contributed by atoms with Gasteiger partial charge in [-0.25, -0.2) is 0 Å². The Morgan fingerprint density at radius 1 is 1.19 bits per heavy atom. The van der Waals surface area contributed by atoms with Gasteiger partial charge in [0.25, 0.3) is 0 Å². The summed E-state index contributed by atoms with van der Waals surface area (Å²) in [5, 5.41) is 9.28. The van der Waals surface area contributed by atoms with Gasteiger partial charge in [0.05, 0.1) is 11.5 Å². The molecule has 1 atom stereocenters. The van der Waals surface area contributed by atoms with Gasteiger partial charge in [-0.2, -0.15) is 5.26 Å². The van der Waals surface area contributed by atoms with E-state index in [0.717, 1.165) is 44.6 Å². The predicted molar refractivity (Wildman–Crippen MR) is 107 cm³/mol. The summed E-state index contributed by atoms with van der Waals surface area (Å²) in [6.07, 6.45) is 6.90. The molecule has 0 N–H and O–H groups in total. The average molecular weight is 361 g/mol. The summed E-state index contributed by atoms with van der Waals surface area (Å²) in [5.41, 5.74) is 2.66. The Balaban J connectivity index is 1.46. The van der Waals surface area contributed by atoms with Crippen LogP contribution in [0.5, 0.6) is 0 Å². The van der Waals surface area contributed by atoms with Gasteiger partial charge in [-0.05, 0) is 43.4 Å². The van der Waals surface area contributed by atoms with Crippen LogP contribution in [0.4, 0.5) is 5.69 Å². The molecule has 2 fully saturated rings. The molecule has 140 valence electrons. The highest BCUT2D eigenvalue weighted by Gasteiger charge is 2.51. The van der Waals surface area contributed by atoms with E-state index < -0.39 is 0 Å². The van der Waals surface area contributed by atoms with Gasteiger partial charge in [0.15, 0.2) is 0 Å².